The maximum absolute atomic E-state index is 10.8. The van der Waals surface area contributed by atoms with Crippen LogP contribution in [0, 0.1) is 10.1 Å². The van der Waals surface area contributed by atoms with Gasteiger partial charge in [-0.25, -0.2) is 4.98 Å². The van der Waals surface area contributed by atoms with Crippen LogP contribution in [0.2, 0.25) is 0 Å². The molecule has 0 atom stereocenters. The molecule has 5 nitrogen and oxygen atoms in total. The van der Waals surface area contributed by atoms with Gasteiger partial charge >= 0.3 is 5.69 Å². The summed E-state index contributed by atoms with van der Waals surface area (Å²) in [4.78, 5) is 14.7. The summed E-state index contributed by atoms with van der Waals surface area (Å²) in [7, 11) is 0. The number of pyridine rings is 1. The summed E-state index contributed by atoms with van der Waals surface area (Å²) in [5.74, 6) is 1.54. The highest BCUT2D eigenvalue weighted by Gasteiger charge is 2.15. The maximum Gasteiger partial charge on any atom is 0.301 e. The molecule has 0 amide bonds. The Bertz CT molecular complexity index is 385. The van der Waals surface area contributed by atoms with Gasteiger partial charge in [0.1, 0.15) is 5.82 Å². The predicted molar refractivity (Wildman–Crippen MR) is 70.7 cm³/mol. The summed E-state index contributed by atoms with van der Waals surface area (Å²) < 4.78 is 0. The van der Waals surface area contributed by atoms with E-state index in [9.17, 15) is 10.1 Å². The second-order valence-corrected chi connectivity index (χ2v) is 4.64. The highest BCUT2D eigenvalue weighted by Crippen LogP contribution is 2.28. The van der Waals surface area contributed by atoms with Crippen molar-refractivity contribution in [3.63, 3.8) is 0 Å². The molecule has 0 saturated carbocycles. The molecule has 1 heterocycles. The van der Waals surface area contributed by atoms with E-state index < -0.39 is 0 Å². The molecule has 0 bridgehead atoms. The van der Waals surface area contributed by atoms with Gasteiger partial charge in [-0.05, 0) is 24.7 Å². The minimum absolute atomic E-state index is 0.0884. The molecule has 0 fully saturated rings. The van der Waals surface area contributed by atoms with Gasteiger partial charge in [-0.1, -0.05) is 25.6 Å². The van der Waals surface area contributed by atoms with Crippen LogP contribution in [0.3, 0.4) is 0 Å². The van der Waals surface area contributed by atoms with Crippen molar-refractivity contribution in [3.05, 3.63) is 22.2 Å². The first-order valence-corrected chi connectivity index (χ1v) is 6.69. The molecule has 0 aromatic carbocycles. The molecule has 1 N–H and O–H groups in total. The smallest absolute Gasteiger partial charge is 0.301 e. The number of nitro groups is 1. The minimum atomic E-state index is -0.380. The highest BCUT2D eigenvalue weighted by molar-refractivity contribution is 7.99. The van der Waals surface area contributed by atoms with Gasteiger partial charge in [-0.2, -0.15) is 0 Å². The fourth-order valence-corrected chi connectivity index (χ4v) is 2.08. The average molecular weight is 255 g/mol. The van der Waals surface area contributed by atoms with Crippen LogP contribution in [-0.2, 0) is 0 Å². The summed E-state index contributed by atoms with van der Waals surface area (Å²) in [5.41, 5.74) is 0.0884. The first-order valence-electron chi connectivity index (χ1n) is 5.71. The quantitative estimate of drug-likeness (QED) is 0.460. The molecule has 0 spiro atoms. The molecule has 6 heteroatoms. The lowest BCUT2D eigenvalue weighted by molar-refractivity contribution is -0.388. The normalized spacial score (nSPS) is 10.2. The average Bonchev–Trinajstić information content (AvgIpc) is 2.33. The maximum atomic E-state index is 10.8. The largest absolute Gasteiger partial charge is 0.370 e. The number of nitrogens with one attached hydrogen (secondary N) is 1. The number of hydrogen-bond acceptors (Lipinski definition) is 5. The second kappa shape index (κ2) is 7.11. The van der Waals surface area contributed by atoms with Crippen molar-refractivity contribution in [1.29, 1.82) is 0 Å². The van der Waals surface area contributed by atoms with E-state index in [0.717, 1.165) is 25.1 Å². The summed E-state index contributed by atoms with van der Waals surface area (Å²) in [6.07, 6.45) is 1.96. The lowest BCUT2D eigenvalue weighted by Gasteiger charge is -2.06. The van der Waals surface area contributed by atoms with Gasteiger partial charge in [0.15, 0.2) is 5.03 Å². The zero-order valence-corrected chi connectivity index (χ0v) is 10.9. The molecule has 17 heavy (non-hydrogen) atoms. The van der Waals surface area contributed by atoms with Crippen LogP contribution in [0.4, 0.5) is 11.5 Å². The minimum Gasteiger partial charge on any atom is -0.370 e. The van der Waals surface area contributed by atoms with Crippen molar-refractivity contribution in [1.82, 2.24) is 4.98 Å². The van der Waals surface area contributed by atoms with Gasteiger partial charge in [0.2, 0.25) is 0 Å². The number of rotatable bonds is 7. The van der Waals surface area contributed by atoms with Crippen LogP contribution in [0.25, 0.3) is 0 Å². The van der Waals surface area contributed by atoms with E-state index in [4.69, 9.17) is 0 Å². The third-order valence-corrected chi connectivity index (χ3v) is 3.22. The molecule has 1 aromatic rings. The van der Waals surface area contributed by atoms with Gasteiger partial charge < -0.3 is 5.32 Å². The summed E-state index contributed by atoms with van der Waals surface area (Å²) in [6, 6.07) is 3.17. The van der Waals surface area contributed by atoms with E-state index in [1.807, 2.05) is 6.92 Å². The van der Waals surface area contributed by atoms with Crippen molar-refractivity contribution in [2.24, 2.45) is 0 Å². The summed E-state index contributed by atoms with van der Waals surface area (Å²) in [6.45, 7) is 4.92. The SMILES string of the molecule is CCCNc1ccc([N+](=O)[O-])c(SCCC)n1. The van der Waals surface area contributed by atoms with Crippen LogP contribution < -0.4 is 5.32 Å². The Morgan fingerprint density at radius 2 is 2.18 bits per heavy atom. The van der Waals surface area contributed by atoms with Crippen LogP contribution in [0.1, 0.15) is 26.7 Å². The van der Waals surface area contributed by atoms with Crippen LogP contribution in [-0.4, -0.2) is 22.2 Å². The zero-order valence-electron chi connectivity index (χ0n) is 10.1. The molecule has 0 unspecified atom stereocenters. The van der Waals surface area contributed by atoms with Crippen molar-refractivity contribution < 1.29 is 4.92 Å². The lowest BCUT2D eigenvalue weighted by atomic mass is 10.4. The van der Waals surface area contributed by atoms with E-state index >= 15 is 0 Å². The Balaban J connectivity index is 2.88. The van der Waals surface area contributed by atoms with E-state index in [2.05, 4.69) is 17.2 Å². The molecule has 0 aliphatic carbocycles. The Labute approximate surface area is 105 Å². The van der Waals surface area contributed by atoms with Crippen LogP contribution >= 0.6 is 11.8 Å². The Kier molecular flexibility index (Phi) is 5.76. The zero-order chi connectivity index (χ0) is 12.7. The Morgan fingerprint density at radius 1 is 1.41 bits per heavy atom. The molecule has 94 valence electrons. The fourth-order valence-electron chi connectivity index (χ4n) is 1.23. The molecule has 0 aliphatic heterocycles. The van der Waals surface area contributed by atoms with Crippen LogP contribution in [0.15, 0.2) is 17.2 Å². The first kappa shape index (κ1) is 13.8. The first-order chi connectivity index (χ1) is 8.19. The van der Waals surface area contributed by atoms with E-state index in [1.54, 1.807) is 6.07 Å². The molecule has 0 aliphatic rings. The third-order valence-electron chi connectivity index (χ3n) is 2.04. The third kappa shape index (κ3) is 4.22. The summed E-state index contributed by atoms with van der Waals surface area (Å²) >= 11 is 1.43. The van der Waals surface area contributed by atoms with Gasteiger partial charge in [-0.3, -0.25) is 10.1 Å². The second-order valence-electron chi connectivity index (χ2n) is 3.55. The molecular weight excluding hydrogens is 238 g/mol. The summed E-state index contributed by atoms with van der Waals surface area (Å²) in [5, 5.41) is 14.5. The van der Waals surface area contributed by atoms with Gasteiger partial charge in [0.25, 0.3) is 0 Å². The topological polar surface area (TPSA) is 68.1 Å². The molecule has 0 radical (unpaired) electrons. The van der Waals surface area contributed by atoms with Gasteiger partial charge in [0.05, 0.1) is 4.92 Å². The molecule has 0 saturated heterocycles. The highest BCUT2D eigenvalue weighted by atomic mass is 32.2. The van der Waals surface area contributed by atoms with Gasteiger partial charge in [0, 0.05) is 12.6 Å². The Morgan fingerprint density at radius 3 is 2.76 bits per heavy atom. The Hall–Kier alpha value is -1.30. The van der Waals surface area contributed by atoms with Crippen LogP contribution in [0.5, 0.6) is 0 Å². The van der Waals surface area contributed by atoms with E-state index in [1.165, 1.54) is 17.8 Å². The fraction of sp³-hybridized carbons (Fsp3) is 0.545. The number of nitrogens with zero attached hydrogens (tertiary/aromatic N) is 2. The molecule has 1 rings (SSSR count). The van der Waals surface area contributed by atoms with Crippen molar-refractivity contribution >= 4 is 23.3 Å². The van der Waals surface area contributed by atoms with Crippen molar-refractivity contribution in [3.8, 4) is 0 Å². The standard InChI is InChI=1S/C11H17N3O2S/c1-3-7-12-10-6-5-9(14(15)16)11(13-10)17-8-4-2/h5-6H,3-4,7-8H2,1-2H3,(H,12,13). The van der Waals surface area contributed by atoms with Crippen molar-refractivity contribution in [2.45, 2.75) is 31.7 Å². The molecule has 1 aromatic heterocycles. The van der Waals surface area contributed by atoms with E-state index in [-0.39, 0.29) is 10.6 Å². The lowest BCUT2D eigenvalue weighted by Crippen LogP contribution is -2.03. The monoisotopic (exact) mass is 255 g/mol. The van der Waals surface area contributed by atoms with Crippen molar-refractivity contribution in [2.75, 3.05) is 17.6 Å². The van der Waals surface area contributed by atoms with Gasteiger partial charge in [-0.15, -0.1) is 0 Å². The molecular formula is C11H17N3O2S. The number of aromatic nitrogens is 1. The number of hydrogen-bond donors (Lipinski definition) is 1. The predicted octanol–water partition coefficient (Wildman–Crippen LogP) is 3.31. The number of anilines is 1. The van der Waals surface area contributed by atoms with E-state index in [0.29, 0.717) is 10.8 Å². The number of thioether (sulfide) groups is 1.